The van der Waals surface area contributed by atoms with Gasteiger partial charge in [0.1, 0.15) is 0 Å². The normalized spacial score (nSPS) is 16.6. The lowest BCUT2D eigenvalue weighted by Crippen LogP contribution is -2.32. The first-order valence-electron chi connectivity index (χ1n) is 6.60. The Morgan fingerprint density at radius 3 is 2.67 bits per heavy atom. The molecule has 1 heterocycles. The van der Waals surface area contributed by atoms with Gasteiger partial charge in [0.15, 0.2) is 0 Å². The van der Waals surface area contributed by atoms with Gasteiger partial charge in [-0.3, -0.25) is 4.79 Å². The number of carbonyl (C=O) groups is 1. The summed E-state index contributed by atoms with van der Waals surface area (Å²) in [7, 11) is 0. The van der Waals surface area contributed by atoms with Gasteiger partial charge in [0.25, 0.3) is 5.91 Å². The van der Waals surface area contributed by atoms with Crippen LogP contribution >= 0.6 is 0 Å². The molecule has 1 aliphatic heterocycles. The molecule has 1 aromatic carbocycles. The number of ether oxygens (including phenoxy) is 1. The van der Waals surface area contributed by atoms with Crippen molar-refractivity contribution in [3.8, 4) is 0 Å². The third-order valence-corrected chi connectivity index (χ3v) is 3.66. The first-order valence-corrected chi connectivity index (χ1v) is 6.60. The summed E-state index contributed by atoms with van der Waals surface area (Å²) in [6, 6.07) is 5.84. The number of nitrogens with one attached hydrogen (secondary N) is 1. The van der Waals surface area contributed by atoms with Crippen LogP contribution in [-0.2, 0) is 4.74 Å². The third kappa shape index (κ3) is 3.33. The van der Waals surface area contributed by atoms with Gasteiger partial charge >= 0.3 is 0 Å². The second-order valence-electron chi connectivity index (χ2n) is 5.06. The summed E-state index contributed by atoms with van der Waals surface area (Å²) in [6.45, 7) is 6.49. The van der Waals surface area contributed by atoms with Crippen LogP contribution in [0.2, 0.25) is 0 Å². The van der Waals surface area contributed by atoms with Crippen molar-refractivity contribution in [3.05, 3.63) is 34.9 Å². The summed E-state index contributed by atoms with van der Waals surface area (Å²) in [5, 5.41) is 3.02. The second-order valence-corrected chi connectivity index (χ2v) is 5.06. The van der Waals surface area contributed by atoms with Crippen LogP contribution < -0.4 is 5.32 Å². The van der Waals surface area contributed by atoms with Crippen molar-refractivity contribution in [3.63, 3.8) is 0 Å². The Hall–Kier alpha value is -1.35. The van der Waals surface area contributed by atoms with E-state index in [1.807, 2.05) is 25.1 Å². The van der Waals surface area contributed by atoms with Crippen molar-refractivity contribution in [2.75, 3.05) is 19.8 Å². The molecule has 0 aromatic heterocycles. The lowest BCUT2D eigenvalue weighted by atomic mass is 10.00. The Kier molecular flexibility index (Phi) is 4.37. The summed E-state index contributed by atoms with van der Waals surface area (Å²) in [5.74, 6) is 0.596. The van der Waals surface area contributed by atoms with Crippen LogP contribution in [0.3, 0.4) is 0 Å². The molecule has 1 saturated heterocycles. The fourth-order valence-corrected chi connectivity index (χ4v) is 2.17. The average molecular weight is 247 g/mol. The Morgan fingerprint density at radius 2 is 2.00 bits per heavy atom. The van der Waals surface area contributed by atoms with Crippen LogP contribution in [-0.4, -0.2) is 25.7 Å². The molecule has 1 aliphatic rings. The minimum absolute atomic E-state index is 0.0320. The summed E-state index contributed by atoms with van der Waals surface area (Å²) in [4.78, 5) is 12.0. The van der Waals surface area contributed by atoms with E-state index in [0.717, 1.165) is 43.7 Å². The minimum atomic E-state index is 0.0320. The maximum Gasteiger partial charge on any atom is 0.251 e. The predicted octanol–water partition coefficient (Wildman–Crippen LogP) is 2.46. The van der Waals surface area contributed by atoms with Gasteiger partial charge in [-0.15, -0.1) is 0 Å². The molecule has 0 atom stereocenters. The van der Waals surface area contributed by atoms with Crippen LogP contribution in [0.4, 0.5) is 0 Å². The highest BCUT2D eigenvalue weighted by molar-refractivity contribution is 5.94. The summed E-state index contributed by atoms with van der Waals surface area (Å²) >= 11 is 0. The molecule has 1 fully saturated rings. The van der Waals surface area contributed by atoms with Crippen molar-refractivity contribution in [2.24, 2.45) is 5.92 Å². The zero-order chi connectivity index (χ0) is 13.0. The molecule has 1 N–H and O–H groups in total. The molecular formula is C15H21NO2. The van der Waals surface area contributed by atoms with Crippen LogP contribution in [0.1, 0.15) is 34.3 Å². The van der Waals surface area contributed by atoms with Crippen molar-refractivity contribution in [1.29, 1.82) is 0 Å². The Balaban J connectivity index is 1.88. The van der Waals surface area contributed by atoms with Crippen LogP contribution in [0, 0.1) is 19.8 Å². The average Bonchev–Trinajstić information content (AvgIpc) is 2.40. The number of benzene rings is 1. The van der Waals surface area contributed by atoms with E-state index in [1.54, 1.807) is 0 Å². The van der Waals surface area contributed by atoms with Gasteiger partial charge in [0, 0.05) is 25.3 Å². The molecule has 1 aromatic rings. The zero-order valence-electron chi connectivity index (χ0n) is 11.2. The second kappa shape index (κ2) is 6.01. The summed E-state index contributed by atoms with van der Waals surface area (Å²) in [5.41, 5.74) is 3.13. The summed E-state index contributed by atoms with van der Waals surface area (Å²) < 4.78 is 5.31. The fraction of sp³-hybridized carbons (Fsp3) is 0.533. The SMILES string of the molecule is Cc1ccc(C(=O)NCC2CCOCC2)cc1C. The maximum absolute atomic E-state index is 12.0. The Bertz CT molecular complexity index is 423. The first-order chi connectivity index (χ1) is 8.66. The van der Waals surface area contributed by atoms with Crippen LogP contribution in [0.25, 0.3) is 0 Å². The molecule has 0 spiro atoms. The number of carbonyl (C=O) groups excluding carboxylic acids is 1. The smallest absolute Gasteiger partial charge is 0.251 e. The highest BCUT2D eigenvalue weighted by Crippen LogP contribution is 2.14. The van der Waals surface area contributed by atoms with Gasteiger partial charge in [-0.1, -0.05) is 6.07 Å². The molecule has 18 heavy (non-hydrogen) atoms. The molecule has 0 saturated carbocycles. The Labute approximate surface area is 109 Å². The molecule has 0 bridgehead atoms. The monoisotopic (exact) mass is 247 g/mol. The molecule has 3 nitrogen and oxygen atoms in total. The van der Waals surface area contributed by atoms with Gasteiger partial charge in [-0.25, -0.2) is 0 Å². The fourth-order valence-electron chi connectivity index (χ4n) is 2.17. The number of hydrogen-bond donors (Lipinski definition) is 1. The molecule has 0 unspecified atom stereocenters. The molecule has 0 radical (unpaired) electrons. The first kappa shape index (κ1) is 13.1. The number of rotatable bonds is 3. The molecule has 0 aliphatic carbocycles. The third-order valence-electron chi connectivity index (χ3n) is 3.66. The topological polar surface area (TPSA) is 38.3 Å². The predicted molar refractivity (Wildman–Crippen MR) is 71.8 cm³/mol. The van der Waals surface area contributed by atoms with Crippen LogP contribution in [0.15, 0.2) is 18.2 Å². The highest BCUT2D eigenvalue weighted by Gasteiger charge is 2.15. The van der Waals surface area contributed by atoms with Gasteiger partial charge in [-0.2, -0.15) is 0 Å². The highest BCUT2D eigenvalue weighted by atomic mass is 16.5. The van der Waals surface area contributed by atoms with E-state index in [1.165, 1.54) is 5.56 Å². The van der Waals surface area contributed by atoms with Crippen molar-refractivity contribution >= 4 is 5.91 Å². The van der Waals surface area contributed by atoms with E-state index in [4.69, 9.17) is 4.74 Å². The standard InChI is InChI=1S/C15H21NO2/c1-11-3-4-14(9-12(11)2)15(17)16-10-13-5-7-18-8-6-13/h3-4,9,13H,5-8,10H2,1-2H3,(H,16,17). The molecular weight excluding hydrogens is 226 g/mol. The van der Waals surface area contributed by atoms with E-state index in [-0.39, 0.29) is 5.91 Å². The van der Waals surface area contributed by atoms with Crippen LogP contribution in [0.5, 0.6) is 0 Å². The van der Waals surface area contributed by atoms with Gasteiger partial charge < -0.3 is 10.1 Å². The number of amides is 1. The van der Waals surface area contributed by atoms with Crippen molar-refractivity contribution in [2.45, 2.75) is 26.7 Å². The van der Waals surface area contributed by atoms with Gasteiger partial charge in [0.05, 0.1) is 0 Å². The lowest BCUT2D eigenvalue weighted by Gasteiger charge is -2.22. The van der Waals surface area contributed by atoms with Gasteiger partial charge in [0.2, 0.25) is 0 Å². The van der Waals surface area contributed by atoms with E-state index < -0.39 is 0 Å². The minimum Gasteiger partial charge on any atom is -0.381 e. The van der Waals surface area contributed by atoms with E-state index >= 15 is 0 Å². The maximum atomic E-state index is 12.0. The number of aryl methyl sites for hydroxylation is 2. The number of hydrogen-bond acceptors (Lipinski definition) is 2. The molecule has 98 valence electrons. The lowest BCUT2D eigenvalue weighted by molar-refractivity contribution is 0.0642. The Morgan fingerprint density at radius 1 is 1.28 bits per heavy atom. The zero-order valence-corrected chi connectivity index (χ0v) is 11.2. The molecule has 1 amide bonds. The van der Waals surface area contributed by atoms with E-state index in [0.29, 0.717) is 5.92 Å². The summed E-state index contributed by atoms with van der Waals surface area (Å²) in [6.07, 6.45) is 2.10. The van der Waals surface area contributed by atoms with Crippen molar-refractivity contribution < 1.29 is 9.53 Å². The van der Waals surface area contributed by atoms with E-state index in [2.05, 4.69) is 12.2 Å². The van der Waals surface area contributed by atoms with Crippen molar-refractivity contribution in [1.82, 2.24) is 5.32 Å². The largest absolute Gasteiger partial charge is 0.381 e. The molecule has 2 rings (SSSR count). The van der Waals surface area contributed by atoms with E-state index in [9.17, 15) is 4.79 Å². The quantitative estimate of drug-likeness (QED) is 0.891. The van der Waals surface area contributed by atoms with Gasteiger partial charge in [-0.05, 0) is 55.9 Å². The molecule has 3 heteroatoms.